The van der Waals surface area contributed by atoms with E-state index in [-0.39, 0.29) is 25.9 Å². The van der Waals surface area contributed by atoms with E-state index in [1.54, 1.807) is 0 Å². The molecule has 0 saturated carbocycles. The second kappa shape index (κ2) is 6.30. The van der Waals surface area contributed by atoms with Crippen LogP contribution in [0.25, 0.3) is 5.69 Å². The molecule has 25 heavy (non-hydrogen) atoms. The molecule has 1 heterocycles. The average Bonchev–Trinajstić information content (AvgIpc) is 2.84. The van der Waals surface area contributed by atoms with Crippen molar-refractivity contribution in [3.05, 3.63) is 84.7 Å². The van der Waals surface area contributed by atoms with Crippen LogP contribution in [-0.4, -0.2) is 15.2 Å². The van der Waals surface area contributed by atoms with Crippen LogP contribution < -0.4 is 11.4 Å². The SMILES string of the molecule is O=C(c1c(Cl)cccc1Cl)n1c(=O)on(-c2ccc(F)c(F)c2)c1=O. The largest absolute Gasteiger partial charge is 0.450 e. The Kier molecular flexibility index (Phi) is 4.32. The first-order valence-electron chi connectivity index (χ1n) is 6.61. The second-order valence-electron chi connectivity index (χ2n) is 4.77. The van der Waals surface area contributed by atoms with Crippen LogP contribution in [0.4, 0.5) is 8.78 Å². The van der Waals surface area contributed by atoms with Gasteiger partial charge >= 0.3 is 11.4 Å². The highest BCUT2D eigenvalue weighted by Crippen LogP contribution is 2.24. The maximum absolute atomic E-state index is 13.3. The molecule has 2 aromatic carbocycles. The number of aromatic nitrogens is 2. The Morgan fingerprint density at radius 3 is 2.24 bits per heavy atom. The van der Waals surface area contributed by atoms with Crippen LogP contribution in [0, 0.1) is 11.6 Å². The third-order valence-electron chi connectivity index (χ3n) is 3.23. The van der Waals surface area contributed by atoms with Gasteiger partial charge in [0.15, 0.2) is 11.6 Å². The Hall–Kier alpha value is -2.71. The number of benzene rings is 2. The molecule has 0 N–H and O–H groups in total. The summed E-state index contributed by atoms with van der Waals surface area (Å²) in [7, 11) is 0. The van der Waals surface area contributed by atoms with Crippen molar-refractivity contribution in [2.45, 2.75) is 0 Å². The predicted octanol–water partition coefficient (Wildman–Crippen LogP) is 2.87. The molecule has 3 aromatic rings. The third kappa shape index (κ3) is 2.90. The summed E-state index contributed by atoms with van der Waals surface area (Å²) >= 11 is 11.8. The number of carbonyl (C=O) groups excluding carboxylic acids is 1. The molecule has 0 aliphatic carbocycles. The summed E-state index contributed by atoms with van der Waals surface area (Å²) in [6, 6.07) is 6.54. The van der Waals surface area contributed by atoms with Crippen molar-refractivity contribution < 1.29 is 18.1 Å². The fourth-order valence-electron chi connectivity index (χ4n) is 2.09. The zero-order valence-electron chi connectivity index (χ0n) is 12.0. The quantitative estimate of drug-likeness (QED) is 0.678. The lowest BCUT2D eigenvalue weighted by Gasteiger charge is -2.04. The standard InChI is InChI=1S/C15H6Cl2F2N2O4/c16-8-2-1-3-9(17)12(8)13(22)20-14(23)21(25-15(20)24)7-4-5-10(18)11(19)6-7/h1-6H. The molecule has 0 bridgehead atoms. The second-order valence-corrected chi connectivity index (χ2v) is 5.58. The minimum absolute atomic E-state index is 0.0793. The van der Waals surface area contributed by atoms with E-state index in [4.69, 9.17) is 23.2 Å². The van der Waals surface area contributed by atoms with Crippen LogP contribution in [-0.2, 0) is 0 Å². The summed E-state index contributed by atoms with van der Waals surface area (Å²) in [5.74, 6) is -4.87. The van der Waals surface area contributed by atoms with E-state index in [0.29, 0.717) is 10.8 Å². The molecule has 0 radical (unpaired) electrons. The van der Waals surface area contributed by atoms with E-state index in [2.05, 4.69) is 4.52 Å². The van der Waals surface area contributed by atoms with Gasteiger partial charge in [0.05, 0.1) is 21.3 Å². The van der Waals surface area contributed by atoms with Gasteiger partial charge in [-0.25, -0.2) is 18.4 Å². The molecule has 0 fully saturated rings. The molecule has 0 aliphatic rings. The van der Waals surface area contributed by atoms with Crippen molar-refractivity contribution in [3.8, 4) is 5.69 Å². The highest BCUT2D eigenvalue weighted by molar-refractivity contribution is 6.39. The molecule has 128 valence electrons. The van der Waals surface area contributed by atoms with E-state index in [1.165, 1.54) is 18.2 Å². The monoisotopic (exact) mass is 386 g/mol. The fraction of sp³-hybridized carbons (Fsp3) is 0. The molecule has 0 aliphatic heterocycles. The molecule has 3 rings (SSSR count). The van der Waals surface area contributed by atoms with Gasteiger partial charge in [-0.05, 0) is 24.3 Å². The lowest BCUT2D eigenvalue weighted by atomic mass is 10.2. The third-order valence-corrected chi connectivity index (χ3v) is 3.86. The van der Waals surface area contributed by atoms with Crippen LogP contribution in [0.5, 0.6) is 0 Å². The molecule has 0 saturated heterocycles. The smallest absolute Gasteiger partial charge is 0.311 e. The summed E-state index contributed by atoms with van der Waals surface area (Å²) in [6.07, 6.45) is 0. The number of halogens is 4. The first-order valence-corrected chi connectivity index (χ1v) is 7.36. The summed E-state index contributed by atoms with van der Waals surface area (Å²) in [4.78, 5) is 36.7. The van der Waals surface area contributed by atoms with Crippen molar-refractivity contribution in [1.29, 1.82) is 0 Å². The van der Waals surface area contributed by atoms with Gasteiger partial charge in [0.25, 0.3) is 5.91 Å². The lowest BCUT2D eigenvalue weighted by molar-refractivity contribution is 0.0949. The Morgan fingerprint density at radius 2 is 1.64 bits per heavy atom. The molecule has 0 atom stereocenters. The number of rotatable bonds is 2. The summed E-state index contributed by atoms with van der Waals surface area (Å²) in [5, 5.41) is -0.159. The summed E-state index contributed by atoms with van der Waals surface area (Å²) < 4.78 is 31.5. The van der Waals surface area contributed by atoms with Gasteiger partial charge in [-0.15, -0.1) is 4.74 Å². The molecule has 1 aromatic heterocycles. The van der Waals surface area contributed by atoms with Gasteiger partial charge in [-0.1, -0.05) is 29.3 Å². The number of nitrogens with zero attached hydrogens (tertiary/aromatic N) is 2. The van der Waals surface area contributed by atoms with Crippen LogP contribution in [0.2, 0.25) is 10.0 Å². The minimum atomic E-state index is -1.34. The number of carbonyl (C=O) groups is 1. The van der Waals surface area contributed by atoms with E-state index in [1.807, 2.05) is 0 Å². The van der Waals surface area contributed by atoms with Gasteiger partial charge in [0.1, 0.15) is 0 Å². The van der Waals surface area contributed by atoms with Crippen LogP contribution in [0.1, 0.15) is 10.4 Å². The minimum Gasteiger partial charge on any atom is -0.311 e. The molecule has 0 spiro atoms. The van der Waals surface area contributed by atoms with Gasteiger partial charge in [-0.2, -0.15) is 4.57 Å². The average molecular weight is 387 g/mol. The first-order chi connectivity index (χ1) is 11.8. The van der Waals surface area contributed by atoms with E-state index in [0.717, 1.165) is 12.1 Å². The summed E-state index contributed by atoms with van der Waals surface area (Å²) in [5.41, 5.74) is -1.78. The number of hydrogen-bond acceptors (Lipinski definition) is 4. The Balaban J connectivity index is 2.18. The van der Waals surface area contributed by atoms with Crippen LogP contribution >= 0.6 is 23.2 Å². The van der Waals surface area contributed by atoms with Crippen LogP contribution in [0.15, 0.2) is 50.5 Å². The van der Waals surface area contributed by atoms with E-state index in [9.17, 15) is 23.2 Å². The maximum atomic E-state index is 13.3. The van der Waals surface area contributed by atoms with Crippen molar-refractivity contribution in [2.24, 2.45) is 0 Å². The van der Waals surface area contributed by atoms with Crippen molar-refractivity contribution in [3.63, 3.8) is 0 Å². The molecule has 0 amide bonds. The predicted molar refractivity (Wildman–Crippen MR) is 84.7 cm³/mol. The van der Waals surface area contributed by atoms with E-state index >= 15 is 0 Å². The molecule has 10 heteroatoms. The van der Waals surface area contributed by atoms with Gasteiger partial charge in [-0.3, -0.25) is 4.79 Å². The highest BCUT2D eigenvalue weighted by Gasteiger charge is 2.24. The normalized spacial score (nSPS) is 10.9. The molecule has 0 unspecified atom stereocenters. The molecule has 6 nitrogen and oxygen atoms in total. The fourth-order valence-corrected chi connectivity index (χ4v) is 2.64. The highest BCUT2D eigenvalue weighted by atomic mass is 35.5. The maximum Gasteiger partial charge on any atom is 0.450 e. The Bertz CT molecular complexity index is 1100. The Morgan fingerprint density at radius 1 is 1.00 bits per heavy atom. The zero-order chi connectivity index (χ0) is 18.3. The summed E-state index contributed by atoms with van der Waals surface area (Å²) in [6.45, 7) is 0. The topological polar surface area (TPSA) is 74.2 Å². The van der Waals surface area contributed by atoms with Gasteiger partial charge in [0, 0.05) is 6.07 Å². The molecular weight excluding hydrogens is 381 g/mol. The van der Waals surface area contributed by atoms with Gasteiger partial charge in [0.2, 0.25) is 0 Å². The van der Waals surface area contributed by atoms with Crippen molar-refractivity contribution >= 4 is 29.1 Å². The van der Waals surface area contributed by atoms with E-state index < -0.39 is 29.0 Å². The van der Waals surface area contributed by atoms with Crippen molar-refractivity contribution in [2.75, 3.05) is 0 Å². The zero-order valence-corrected chi connectivity index (χ0v) is 13.5. The Labute approximate surface area is 147 Å². The van der Waals surface area contributed by atoms with Gasteiger partial charge < -0.3 is 4.52 Å². The molecular formula is C15H6Cl2F2N2O4. The number of hydrogen-bond donors (Lipinski definition) is 0. The van der Waals surface area contributed by atoms with Crippen molar-refractivity contribution in [1.82, 2.24) is 9.31 Å². The first kappa shape index (κ1) is 17.1. The van der Waals surface area contributed by atoms with Crippen LogP contribution in [0.3, 0.4) is 0 Å². The lowest BCUT2D eigenvalue weighted by Crippen LogP contribution is -2.35.